The number of fused-ring (bicyclic) bond motifs is 5. The molecule has 0 spiro atoms. The molecule has 0 atom stereocenters. The Bertz CT molecular complexity index is 976. The molecule has 2 aromatic heterocycles. The standard InChI is InChI=1S/C18H19ClN6O.ClH/c1-12-16-9-25-18(21-17(22-25)10-23-4-6-26-7-5-23)14-8-13(19)2-3-15(14)24(16)11-20-12;/h2-3,8,11H,4-7,9-10H2,1H3;1H. The van der Waals surface area contributed by atoms with Crippen molar-refractivity contribution in [2.45, 2.75) is 20.0 Å². The summed E-state index contributed by atoms with van der Waals surface area (Å²) in [5.74, 6) is 1.69. The van der Waals surface area contributed by atoms with Crippen LogP contribution in [-0.2, 0) is 17.8 Å². The summed E-state index contributed by atoms with van der Waals surface area (Å²) < 4.78 is 9.51. The molecule has 3 aromatic rings. The van der Waals surface area contributed by atoms with E-state index in [9.17, 15) is 0 Å². The minimum absolute atomic E-state index is 0. The second-order valence-corrected chi connectivity index (χ2v) is 7.14. The highest BCUT2D eigenvalue weighted by atomic mass is 35.5. The van der Waals surface area contributed by atoms with Gasteiger partial charge in [-0.1, -0.05) is 11.6 Å². The van der Waals surface area contributed by atoms with Crippen LogP contribution in [0, 0.1) is 6.92 Å². The highest BCUT2D eigenvalue weighted by molar-refractivity contribution is 6.31. The summed E-state index contributed by atoms with van der Waals surface area (Å²) >= 11 is 6.29. The lowest BCUT2D eigenvalue weighted by molar-refractivity contribution is 0.0330. The Labute approximate surface area is 168 Å². The average Bonchev–Trinajstić information content (AvgIpc) is 3.17. The number of benzene rings is 1. The number of hydrogen-bond acceptors (Lipinski definition) is 5. The molecule has 1 aromatic carbocycles. The molecule has 0 unspecified atom stereocenters. The van der Waals surface area contributed by atoms with E-state index in [1.807, 2.05) is 36.1 Å². The SMILES string of the molecule is Cc1ncn2c1Cn1nc(CN3CCOCC3)nc1-c1cc(Cl)ccc1-2.Cl. The van der Waals surface area contributed by atoms with E-state index < -0.39 is 0 Å². The van der Waals surface area contributed by atoms with E-state index in [1.165, 1.54) is 0 Å². The number of halogens is 2. The van der Waals surface area contributed by atoms with Crippen LogP contribution in [0.2, 0.25) is 5.02 Å². The maximum atomic E-state index is 6.29. The van der Waals surface area contributed by atoms with Crippen LogP contribution in [0.3, 0.4) is 0 Å². The van der Waals surface area contributed by atoms with Gasteiger partial charge < -0.3 is 9.30 Å². The highest BCUT2D eigenvalue weighted by Crippen LogP contribution is 2.33. The van der Waals surface area contributed by atoms with Gasteiger partial charge in [0.15, 0.2) is 11.6 Å². The molecule has 27 heavy (non-hydrogen) atoms. The molecule has 5 rings (SSSR count). The van der Waals surface area contributed by atoms with Crippen molar-refractivity contribution >= 4 is 24.0 Å². The molecule has 0 aliphatic carbocycles. The molecular formula is C18H20Cl2N6O. The Morgan fingerprint density at radius 1 is 1.22 bits per heavy atom. The number of rotatable bonds is 2. The predicted molar refractivity (Wildman–Crippen MR) is 105 cm³/mol. The second kappa shape index (κ2) is 7.24. The summed E-state index contributed by atoms with van der Waals surface area (Å²) in [5, 5.41) is 5.48. The fraction of sp³-hybridized carbons (Fsp3) is 0.389. The van der Waals surface area contributed by atoms with E-state index in [1.54, 1.807) is 0 Å². The van der Waals surface area contributed by atoms with Gasteiger partial charge in [-0.2, -0.15) is 5.10 Å². The molecule has 4 heterocycles. The Morgan fingerprint density at radius 2 is 2.04 bits per heavy atom. The topological polar surface area (TPSA) is 61.0 Å². The monoisotopic (exact) mass is 406 g/mol. The number of ether oxygens (including phenoxy) is 1. The quantitative estimate of drug-likeness (QED) is 0.512. The van der Waals surface area contributed by atoms with Crippen molar-refractivity contribution in [2.24, 2.45) is 0 Å². The first-order chi connectivity index (χ1) is 12.7. The molecule has 0 saturated carbocycles. The lowest BCUT2D eigenvalue weighted by Gasteiger charge is -2.25. The van der Waals surface area contributed by atoms with Crippen molar-refractivity contribution in [1.29, 1.82) is 0 Å². The predicted octanol–water partition coefficient (Wildman–Crippen LogP) is 2.71. The van der Waals surface area contributed by atoms with Crippen molar-refractivity contribution < 1.29 is 4.74 Å². The third kappa shape index (κ3) is 3.25. The first kappa shape index (κ1) is 18.4. The highest BCUT2D eigenvalue weighted by Gasteiger charge is 2.25. The molecular weight excluding hydrogens is 387 g/mol. The maximum absolute atomic E-state index is 6.29. The summed E-state index contributed by atoms with van der Waals surface area (Å²) in [6.45, 7) is 6.77. The van der Waals surface area contributed by atoms with Gasteiger partial charge in [0.05, 0.1) is 49.7 Å². The van der Waals surface area contributed by atoms with Crippen LogP contribution >= 0.6 is 24.0 Å². The van der Waals surface area contributed by atoms with Gasteiger partial charge in [-0.15, -0.1) is 12.4 Å². The molecule has 0 radical (unpaired) electrons. The van der Waals surface area contributed by atoms with Gasteiger partial charge in [0.25, 0.3) is 0 Å². The zero-order valence-electron chi connectivity index (χ0n) is 14.9. The largest absolute Gasteiger partial charge is 0.379 e. The first-order valence-electron chi connectivity index (χ1n) is 8.76. The van der Waals surface area contributed by atoms with Gasteiger partial charge in [-0.25, -0.2) is 14.6 Å². The van der Waals surface area contributed by atoms with Gasteiger partial charge in [0, 0.05) is 23.7 Å². The van der Waals surface area contributed by atoms with E-state index in [4.69, 9.17) is 26.4 Å². The van der Waals surface area contributed by atoms with E-state index in [-0.39, 0.29) is 12.4 Å². The number of hydrogen-bond donors (Lipinski definition) is 0. The number of imidazole rings is 1. The van der Waals surface area contributed by atoms with Crippen LogP contribution in [0.1, 0.15) is 17.2 Å². The van der Waals surface area contributed by atoms with Crippen molar-refractivity contribution in [2.75, 3.05) is 26.3 Å². The third-order valence-electron chi connectivity index (χ3n) is 5.02. The molecule has 0 N–H and O–H groups in total. The summed E-state index contributed by atoms with van der Waals surface area (Å²) in [5.41, 5.74) is 4.14. The van der Waals surface area contributed by atoms with Gasteiger partial charge in [0.1, 0.15) is 0 Å². The molecule has 2 aliphatic rings. The third-order valence-corrected chi connectivity index (χ3v) is 5.25. The first-order valence-corrected chi connectivity index (χ1v) is 9.14. The van der Waals surface area contributed by atoms with Crippen LogP contribution < -0.4 is 0 Å². The molecule has 142 valence electrons. The molecule has 7 nitrogen and oxygen atoms in total. The number of nitrogens with zero attached hydrogens (tertiary/aromatic N) is 6. The number of morpholine rings is 1. The van der Waals surface area contributed by atoms with Gasteiger partial charge in [0.2, 0.25) is 0 Å². The van der Waals surface area contributed by atoms with Crippen LogP contribution in [0.15, 0.2) is 24.5 Å². The summed E-state index contributed by atoms with van der Waals surface area (Å²) in [7, 11) is 0. The molecule has 0 bridgehead atoms. The summed E-state index contributed by atoms with van der Waals surface area (Å²) in [6.07, 6.45) is 1.86. The zero-order chi connectivity index (χ0) is 17.7. The Balaban J connectivity index is 0.00000180. The lowest BCUT2D eigenvalue weighted by Crippen LogP contribution is -2.36. The summed E-state index contributed by atoms with van der Waals surface area (Å²) in [6, 6.07) is 5.88. The summed E-state index contributed by atoms with van der Waals surface area (Å²) in [4.78, 5) is 11.7. The molecule has 9 heteroatoms. The van der Waals surface area contributed by atoms with E-state index >= 15 is 0 Å². The zero-order valence-corrected chi connectivity index (χ0v) is 16.5. The minimum Gasteiger partial charge on any atom is -0.379 e. The van der Waals surface area contributed by atoms with Crippen molar-refractivity contribution in [1.82, 2.24) is 29.2 Å². The lowest BCUT2D eigenvalue weighted by atomic mass is 10.1. The van der Waals surface area contributed by atoms with Crippen LogP contribution in [-0.4, -0.2) is 55.5 Å². The van der Waals surface area contributed by atoms with Gasteiger partial charge in [-0.05, 0) is 25.1 Å². The van der Waals surface area contributed by atoms with E-state index in [0.717, 1.165) is 67.1 Å². The molecule has 1 saturated heterocycles. The Morgan fingerprint density at radius 3 is 2.85 bits per heavy atom. The van der Waals surface area contributed by atoms with Crippen molar-refractivity contribution in [3.05, 3.63) is 46.8 Å². The van der Waals surface area contributed by atoms with Crippen LogP contribution in [0.4, 0.5) is 0 Å². The number of aromatic nitrogens is 5. The fourth-order valence-electron chi connectivity index (χ4n) is 3.63. The van der Waals surface area contributed by atoms with Crippen molar-refractivity contribution in [3.63, 3.8) is 0 Å². The van der Waals surface area contributed by atoms with E-state index in [0.29, 0.717) is 11.6 Å². The molecule has 1 fully saturated rings. The fourth-order valence-corrected chi connectivity index (χ4v) is 3.80. The van der Waals surface area contributed by atoms with Crippen LogP contribution in [0.25, 0.3) is 17.1 Å². The van der Waals surface area contributed by atoms with Gasteiger partial charge >= 0.3 is 0 Å². The Kier molecular flexibility index (Phi) is 4.94. The minimum atomic E-state index is 0. The van der Waals surface area contributed by atoms with E-state index in [2.05, 4.69) is 14.5 Å². The molecule has 0 amide bonds. The number of aryl methyl sites for hydroxylation is 1. The average molecular weight is 407 g/mol. The second-order valence-electron chi connectivity index (χ2n) is 6.71. The smallest absolute Gasteiger partial charge is 0.165 e. The van der Waals surface area contributed by atoms with Gasteiger partial charge in [-0.3, -0.25) is 4.90 Å². The van der Waals surface area contributed by atoms with Crippen LogP contribution in [0.5, 0.6) is 0 Å². The molecule has 2 aliphatic heterocycles. The maximum Gasteiger partial charge on any atom is 0.165 e. The van der Waals surface area contributed by atoms with Crippen molar-refractivity contribution in [3.8, 4) is 17.1 Å². The Hall–Kier alpha value is -1.93. The normalized spacial score (nSPS) is 16.1.